The van der Waals surface area contributed by atoms with Gasteiger partial charge in [-0.2, -0.15) is 0 Å². The van der Waals surface area contributed by atoms with E-state index in [9.17, 15) is 9.90 Å². The lowest BCUT2D eigenvalue weighted by atomic mass is 10.0. The number of hydrogen-bond donors (Lipinski definition) is 2. The summed E-state index contributed by atoms with van der Waals surface area (Å²) >= 11 is 5.91. The smallest absolute Gasteiger partial charge is 0.263 e. The van der Waals surface area contributed by atoms with Crippen molar-refractivity contribution in [2.75, 3.05) is 6.54 Å². The summed E-state index contributed by atoms with van der Waals surface area (Å²) in [6.07, 6.45) is 1.47. The van der Waals surface area contributed by atoms with Crippen molar-refractivity contribution in [3.63, 3.8) is 0 Å². The summed E-state index contributed by atoms with van der Waals surface area (Å²) in [6, 6.07) is 10.2. The molecule has 2 N–H and O–H groups in total. The van der Waals surface area contributed by atoms with Crippen molar-refractivity contribution in [1.29, 1.82) is 0 Å². The van der Waals surface area contributed by atoms with Crippen LogP contribution in [0.25, 0.3) is 0 Å². The van der Waals surface area contributed by atoms with E-state index in [2.05, 4.69) is 5.32 Å². The van der Waals surface area contributed by atoms with Gasteiger partial charge in [0.2, 0.25) is 0 Å². The van der Waals surface area contributed by atoms with E-state index >= 15 is 0 Å². The van der Waals surface area contributed by atoms with Gasteiger partial charge in [-0.25, -0.2) is 0 Å². The number of aliphatic hydroxyl groups is 1. The molecular weight excluding hydrogens is 318 g/mol. The van der Waals surface area contributed by atoms with E-state index in [0.29, 0.717) is 16.5 Å². The molecule has 1 heterocycles. The first-order chi connectivity index (χ1) is 10.7. The molecule has 1 aromatic heterocycles. The third kappa shape index (κ3) is 4.50. The summed E-state index contributed by atoms with van der Waals surface area (Å²) in [6.45, 7) is 4.86. The SMILES string of the molecule is CC(C)(Oc1cccc(Cl)c1)C(=O)NCC(C)(O)c1ccco1. The molecule has 5 nitrogen and oxygen atoms in total. The van der Waals surface area contributed by atoms with Crippen LogP contribution < -0.4 is 10.1 Å². The molecule has 0 radical (unpaired) electrons. The Kier molecular flexibility index (Phi) is 5.02. The maximum absolute atomic E-state index is 12.4. The minimum atomic E-state index is -1.30. The third-order valence-corrected chi connectivity index (χ3v) is 3.60. The average molecular weight is 338 g/mol. The largest absolute Gasteiger partial charge is 0.478 e. The van der Waals surface area contributed by atoms with E-state index in [1.165, 1.54) is 6.26 Å². The van der Waals surface area contributed by atoms with Crippen LogP contribution in [0.5, 0.6) is 5.75 Å². The molecule has 0 aliphatic carbocycles. The minimum absolute atomic E-state index is 0.00167. The Balaban J connectivity index is 1.98. The van der Waals surface area contributed by atoms with Gasteiger partial charge < -0.3 is 19.6 Å². The number of halogens is 1. The topological polar surface area (TPSA) is 71.7 Å². The van der Waals surface area contributed by atoms with E-state index in [-0.39, 0.29) is 12.5 Å². The summed E-state index contributed by atoms with van der Waals surface area (Å²) in [5.74, 6) is 0.520. The highest BCUT2D eigenvalue weighted by Crippen LogP contribution is 2.23. The van der Waals surface area contributed by atoms with Crippen molar-refractivity contribution >= 4 is 17.5 Å². The Hall–Kier alpha value is -1.98. The molecule has 2 rings (SSSR count). The predicted octanol–water partition coefficient (Wildman–Crippen LogP) is 3.11. The zero-order chi connectivity index (χ0) is 17.1. The molecule has 1 aromatic carbocycles. The Labute approximate surface area is 140 Å². The number of amides is 1. The molecule has 1 atom stereocenters. The second-order valence-electron chi connectivity index (χ2n) is 6.00. The third-order valence-electron chi connectivity index (χ3n) is 3.36. The molecule has 6 heteroatoms. The summed E-state index contributed by atoms with van der Waals surface area (Å²) < 4.78 is 10.9. The number of furan rings is 1. The number of benzene rings is 1. The highest BCUT2D eigenvalue weighted by atomic mass is 35.5. The number of nitrogens with one attached hydrogen (secondary N) is 1. The first kappa shape index (κ1) is 17.4. The van der Waals surface area contributed by atoms with Crippen LogP contribution in [-0.2, 0) is 10.4 Å². The second-order valence-corrected chi connectivity index (χ2v) is 6.44. The lowest BCUT2D eigenvalue weighted by Gasteiger charge is -2.28. The van der Waals surface area contributed by atoms with Crippen LogP contribution in [0.4, 0.5) is 0 Å². The molecule has 0 saturated heterocycles. The molecule has 0 fully saturated rings. The Morgan fingerprint density at radius 1 is 1.30 bits per heavy atom. The van der Waals surface area contributed by atoms with E-state index in [0.717, 1.165) is 0 Å². The van der Waals surface area contributed by atoms with Gasteiger partial charge in [0.25, 0.3) is 5.91 Å². The molecule has 2 aromatic rings. The van der Waals surface area contributed by atoms with Gasteiger partial charge >= 0.3 is 0 Å². The van der Waals surface area contributed by atoms with Gasteiger partial charge in [-0.1, -0.05) is 17.7 Å². The standard InChI is InChI=1S/C17H20ClNO4/c1-16(2,23-13-7-4-6-12(18)10-13)15(20)19-11-17(3,21)14-8-5-9-22-14/h4-10,21H,11H2,1-3H3,(H,19,20). The average Bonchev–Trinajstić information content (AvgIpc) is 2.99. The molecule has 0 aliphatic heterocycles. The van der Waals surface area contributed by atoms with Crippen LogP contribution in [0.1, 0.15) is 26.5 Å². The molecule has 1 amide bonds. The fraction of sp³-hybridized carbons (Fsp3) is 0.353. The zero-order valence-corrected chi connectivity index (χ0v) is 14.1. The molecule has 0 saturated carbocycles. The van der Waals surface area contributed by atoms with Gasteiger partial charge in [-0.05, 0) is 51.1 Å². The van der Waals surface area contributed by atoms with E-state index in [1.807, 2.05) is 0 Å². The normalized spacial score (nSPS) is 14.1. The summed E-state index contributed by atoms with van der Waals surface area (Å²) in [4.78, 5) is 12.4. The van der Waals surface area contributed by atoms with E-state index in [4.69, 9.17) is 20.8 Å². The highest BCUT2D eigenvalue weighted by molar-refractivity contribution is 6.30. The van der Waals surface area contributed by atoms with E-state index < -0.39 is 11.2 Å². The van der Waals surface area contributed by atoms with Gasteiger partial charge in [0, 0.05) is 5.02 Å². The molecular formula is C17H20ClNO4. The molecule has 0 aliphatic rings. The van der Waals surface area contributed by atoms with Gasteiger partial charge in [-0.3, -0.25) is 4.79 Å². The number of carbonyl (C=O) groups excluding carboxylic acids is 1. The first-order valence-electron chi connectivity index (χ1n) is 7.20. The van der Waals surface area contributed by atoms with Gasteiger partial charge in [0.05, 0.1) is 12.8 Å². The van der Waals surface area contributed by atoms with Crippen molar-refractivity contribution in [2.45, 2.75) is 32.0 Å². The number of rotatable bonds is 6. The fourth-order valence-electron chi connectivity index (χ4n) is 2.01. The summed E-state index contributed by atoms with van der Waals surface area (Å²) in [7, 11) is 0. The number of ether oxygens (including phenoxy) is 1. The van der Waals surface area contributed by atoms with Crippen molar-refractivity contribution in [3.05, 3.63) is 53.4 Å². The maximum Gasteiger partial charge on any atom is 0.263 e. The first-order valence-corrected chi connectivity index (χ1v) is 7.58. The number of carbonyl (C=O) groups is 1. The number of hydrogen-bond acceptors (Lipinski definition) is 4. The van der Waals surface area contributed by atoms with Gasteiger partial charge in [0.1, 0.15) is 17.1 Å². The maximum atomic E-state index is 12.4. The van der Waals surface area contributed by atoms with Crippen molar-refractivity contribution in [3.8, 4) is 5.75 Å². The van der Waals surface area contributed by atoms with Crippen LogP contribution in [-0.4, -0.2) is 23.2 Å². The Morgan fingerprint density at radius 3 is 2.65 bits per heavy atom. The molecule has 0 bridgehead atoms. The fourth-order valence-corrected chi connectivity index (χ4v) is 2.19. The highest BCUT2D eigenvalue weighted by Gasteiger charge is 2.33. The van der Waals surface area contributed by atoms with Crippen molar-refractivity contribution < 1.29 is 19.1 Å². The van der Waals surface area contributed by atoms with Crippen LogP contribution in [0.15, 0.2) is 47.1 Å². The molecule has 124 valence electrons. The zero-order valence-electron chi connectivity index (χ0n) is 13.3. The van der Waals surface area contributed by atoms with Crippen molar-refractivity contribution in [1.82, 2.24) is 5.32 Å². The quantitative estimate of drug-likeness (QED) is 0.849. The van der Waals surface area contributed by atoms with Crippen LogP contribution >= 0.6 is 11.6 Å². The van der Waals surface area contributed by atoms with Crippen LogP contribution in [0.3, 0.4) is 0 Å². The molecule has 23 heavy (non-hydrogen) atoms. The van der Waals surface area contributed by atoms with Crippen LogP contribution in [0.2, 0.25) is 5.02 Å². The summed E-state index contributed by atoms with van der Waals surface area (Å²) in [5.41, 5.74) is -2.42. The lowest BCUT2D eigenvalue weighted by Crippen LogP contribution is -2.50. The minimum Gasteiger partial charge on any atom is -0.478 e. The lowest BCUT2D eigenvalue weighted by molar-refractivity contribution is -0.135. The Morgan fingerprint density at radius 2 is 2.04 bits per heavy atom. The molecule has 1 unspecified atom stereocenters. The van der Waals surface area contributed by atoms with E-state index in [1.54, 1.807) is 57.2 Å². The van der Waals surface area contributed by atoms with Crippen molar-refractivity contribution in [2.24, 2.45) is 0 Å². The summed E-state index contributed by atoms with van der Waals surface area (Å²) in [5, 5.41) is 13.6. The van der Waals surface area contributed by atoms with Crippen LogP contribution in [0, 0.1) is 0 Å². The van der Waals surface area contributed by atoms with Gasteiger partial charge in [-0.15, -0.1) is 0 Å². The monoisotopic (exact) mass is 337 g/mol. The molecule has 0 spiro atoms. The predicted molar refractivity (Wildman–Crippen MR) is 87.4 cm³/mol. The van der Waals surface area contributed by atoms with Gasteiger partial charge in [0.15, 0.2) is 5.60 Å². The second kappa shape index (κ2) is 6.64. The Bertz CT molecular complexity index is 665.